The van der Waals surface area contributed by atoms with Crippen LogP contribution in [0.4, 0.5) is 0 Å². The van der Waals surface area contributed by atoms with Crippen molar-refractivity contribution >= 4 is 0 Å². The third kappa shape index (κ3) is 1.37. The van der Waals surface area contributed by atoms with E-state index in [0.29, 0.717) is 0 Å². The van der Waals surface area contributed by atoms with Crippen molar-refractivity contribution in [3.8, 4) is 23.4 Å². The maximum atomic E-state index is 9.06. The van der Waals surface area contributed by atoms with Crippen molar-refractivity contribution in [2.24, 2.45) is 0 Å². The van der Waals surface area contributed by atoms with Gasteiger partial charge in [-0.1, -0.05) is 38.1 Å². The van der Waals surface area contributed by atoms with E-state index in [9.17, 15) is 0 Å². The van der Waals surface area contributed by atoms with Gasteiger partial charge in [-0.05, 0) is 5.56 Å². The van der Waals surface area contributed by atoms with Crippen LogP contribution >= 0.6 is 0 Å². The third-order valence-electron chi connectivity index (χ3n) is 3.56. The minimum atomic E-state index is -0.293. The number of benzene rings is 1. The number of aromatic nitrogens is 2. The molecule has 0 saturated heterocycles. The molecule has 0 radical (unpaired) electrons. The summed E-state index contributed by atoms with van der Waals surface area (Å²) in [4.78, 5) is 8.70. The van der Waals surface area contributed by atoms with Crippen molar-refractivity contribution in [2.45, 2.75) is 19.3 Å². The van der Waals surface area contributed by atoms with Crippen molar-refractivity contribution in [1.29, 1.82) is 10.5 Å². The average Bonchev–Trinajstić information content (AvgIpc) is 2.66. The second kappa shape index (κ2) is 3.63. The molecule has 0 atom stereocenters. The lowest BCUT2D eigenvalue weighted by molar-refractivity contribution is 0.633. The van der Waals surface area contributed by atoms with Gasteiger partial charge in [-0.3, -0.25) is 0 Å². The minimum Gasteiger partial charge on any atom is -0.236 e. The standard InChI is InChI=1S/C15H10N4/c1-15(2)10-6-4-3-5-9(10)13-14(15)19-12(8-17)11(7-16)18-13/h3-6H,1-2H3. The number of hydrogen-bond acceptors (Lipinski definition) is 4. The lowest BCUT2D eigenvalue weighted by atomic mass is 9.85. The van der Waals surface area contributed by atoms with E-state index in [1.54, 1.807) is 0 Å². The molecule has 0 N–H and O–H groups in total. The number of nitrogens with zero attached hydrogens (tertiary/aromatic N) is 4. The van der Waals surface area contributed by atoms with Gasteiger partial charge in [-0.15, -0.1) is 0 Å². The Morgan fingerprint density at radius 2 is 1.63 bits per heavy atom. The molecule has 0 unspecified atom stereocenters. The van der Waals surface area contributed by atoms with E-state index in [2.05, 4.69) is 23.8 Å². The fraction of sp³-hybridized carbons (Fsp3) is 0.200. The smallest absolute Gasteiger partial charge is 0.177 e. The van der Waals surface area contributed by atoms with E-state index in [4.69, 9.17) is 10.5 Å². The zero-order chi connectivity index (χ0) is 13.6. The van der Waals surface area contributed by atoms with Crippen molar-refractivity contribution in [3.63, 3.8) is 0 Å². The first kappa shape index (κ1) is 11.4. The Bertz CT molecular complexity index is 776. The second-order valence-electron chi connectivity index (χ2n) is 5.01. The molecule has 0 amide bonds. The second-order valence-corrected chi connectivity index (χ2v) is 5.01. The minimum absolute atomic E-state index is 0.0914. The lowest BCUT2D eigenvalue weighted by Crippen LogP contribution is -2.18. The van der Waals surface area contributed by atoms with Crippen LogP contribution in [0.3, 0.4) is 0 Å². The highest BCUT2D eigenvalue weighted by molar-refractivity contribution is 5.76. The van der Waals surface area contributed by atoms with Crippen LogP contribution in [0.25, 0.3) is 11.3 Å². The highest BCUT2D eigenvalue weighted by Gasteiger charge is 2.38. The number of fused-ring (bicyclic) bond motifs is 3. The molecule has 1 aliphatic carbocycles. The van der Waals surface area contributed by atoms with Crippen LogP contribution in [0.15, 0.2) is 24.3 Å². The molecule has 1 aliphatic rings. The average molecular weight is 246 g/mol. The lowest BCUT2D eigenvalue weighted by Gasteiger charge is -2.19. The van der Waals surface area contributed by atoms with Gasteiger partial charge in [-0.2, -0.15) is 10.5 Å². The highest BCUT2D eigenvalue weighted by Crippen LogP contribution is 2.46. The first-order chi connectivity index (χ1) is 9.09. The van der Waals surface area contributed by atoms with Crippen molar-refractivity contribution in [2.75, 3.05) is 0 Å². The Morgan fingerprint density at radius 3 is 2.32 bits per heavy atom. The molecular weight excluding hydrogens is 236 g/mol. The predicted molar refractivity (Wildman–Crippen MR) is 69.0 cm³/mol. The third-order valence-corrected chi connectivity index (χ3v) is 3.56. The summed E-state index contributed by atoms with van der Waals surface area (Å²) in [7, 11) is 0. The van der Waals surface area contributed by atoms with Crippen LogP contribution in [0, 0.1) is 22.7 Å². The zero-order valence-electron chi connectivity index (χ0n) is 10.6. The van der Waals surface area contributed by atoms with Gasteiger partial charge in [0.2, 0.25) is 0 Å². The Kier molecular flexibility index (Phi) is 2.18. The Labute approximate surface area is 111 Å². The van der Waals surface area contributed by atoms with Gasteiger partial charge >= 0.3 is 0 Å². The fourth-order valence-electron chi connectivity index (χ4n) is 2.58. The zero-order valence-corrected chi connectivity index (χ0v) is 10.6. The molecule has 1 heterocycles. The summed E-state index contributed by atoms with van der Waals surface area (Å²) in [5.41, 5.74) is 3.51. The molecule has 4 nitrogen and oxygen atoms in total. The van der Waals surface area contributed by atoms with E-state index in [1.165, 1.54) is 0 Å². The summed E-state index contributed by atoms with van der Waals surface area (Å²) in [5.74, 6) is 0. The van der Waals surface area contributed by atoms with Crippen LogP contribution in [-0.2, 0) is 5.41 Å². The van der Waals surface area contributed by atoms with Gasteiger partial charge in [0.1, 0.15) is 12.1 Å². The first-order valence-electron chi connectivity index (χ1n) is 5.92. The van der Waals surface area contributed by atoms with Gasteiger partial charge < -0.3 is 0 Å². The van der Waals surface area contributed by atoms with Crippen LogP contribution in [-0.4, -0.2) is 9.97 Å². The Morgan fingerprint density at radius 1 is 1.00 bits per heavy atom. The van der Waals surface area contributed by atoms with E-state index < -0.39 is 0 Å². The molecule has 1 aromatic heterocycles. The molecule has 4 heteroatoms. The predicted octanol–water partition coefficient (Wildman–Crippen LogP) is 2.53. The van der Waals surface area contributed by atoms with Crippen LogP contribution in [0.2, 0.25) is 0 Å². The quantitative estimate of drug-likeness (QED) is 0.716. The largest absolute Gasteiger partial charge is 0.236 e. The molecule has 90 valence electrons. The molecule has 3 rings (SSSR count). The summed E-state index contributed by atoms with van der Waals surface area (Å²) in [6.07, 6.45) is 0. The first-order valence-corrected chi connectivity index (χ1v) is 5.92. The summed E-state index contributed by atoms with van der Waals surface area (Å²) in [5, 5.41) is 18.1. The molecule has 0 saturated carbocycles. The van der Waals surface area contributed by atoms with Crippen LogP contribution in [0.5, 0.6) is 0 Å². The summed E-state index contributed by atoms with van der Waals surface area (Å²) in [6, 6.07) is 11.8. The number of rotatable bonds is 0. The summed E-state index contributed by atoms with van der Waals surface area (Å²) < 4.78 is 0. The van der Waals surface area contributed by atoms with Crippen molar-refractivity contribution in [1.82, 2.24) is 9.97 Å². The van der Waals surface area contributed by atoms with Crippen molar-refractivity contribution < 1.29 is 0 Å². The molecule has 19 heavy (non-hydrogen) atoms. The van der Waals surface area contributed by atoms with Crippen molar-refractivity contribution in [3.05, 3.63) is 46.9 Å². The van der Waals surface area contributed by atoms with Crippen LogP contribution in [0.1, 0.15) is 36.5 Å². The van der Waals surface area contributed by atoms with E-state index in [-0.39, 0.29) is 16.8 Å². The maximum Gasteiger partial charge on any atom is 0.177 e. The summed E-state index contributed by atoms with van der Waals surface area (Å²) in [6.45, 7) is 4.11. The molecular formula is C15H10N4. The highest BCUT2D eigenvalue weighted by atomic mass is 14.9. The molecule has 1 aromatic carbocycles. The van der Waals surface area contributed by atoms with Gasteiger partial charge in [-0.25, -0.2) is 9.97 Å². The topological polar surface area (TPSA) is 73.4 Å². The Hall–Kier alpha value is -2.72. The fourth-order valence-corrected chi connectivity index (χ4v) is 2.58. The van der Waals surface area contributed by atoms with E-state index in [0.717, 1.165) is 22.5 Å². The maximum absolute atomic E-state index is 9.06. The normalized spacial score (nSPS) is 14.1. The van der Waals surface area contributed by atoms with E-state index >= 15 is 0 Å². The molecule has 2 aromatic rings. The van der Waals surface area contributed by atoms with Gasteiger partial charge in [0, 0.05) is 11.0 Å². The Balaban J connectivity index is 2.41. The van der Waals surface area contributed by atoms with Crippen LogP contribution < -0.4 is 0 Å². The molecule has 0 spiro atoms. The monoisotopic (exact) mass is 246 g/mol. The van der Waals surface area contributed by atoms with Gasteiger partial charge in [0.15, 0.2) is 11.4 Å². The summed E-state index contributed by atoms with van der Waals surface area (Å²) >= 11 is 0. The number of hydrogen-bond donors (Lipinski definition) is 0. The van der Waals surface area contributed by atoms with E-state index in [1.807, 2.05) is 36.4 Å². The molecule has 0 aliphatic heterocycles. The number of nitriles is 2. The van der Waals surface area contributed by atoms with Gasteiger partial charge in [0.25, 0.3) is 0 Å². The van der Waals surface area contributed by atoms with Gasteiger partial charge in [0.05, 0.1) is 11.4 Å². The molecule has 0 bridgehead atoms. The molecule has 0 fully saturated rings. The SMILES string of the molecule is CC1(C)c2ccccc2-c2nc(C#N)c(C#N)nc21.